The molecule has 2 atom stereocenters. The lowest BCUT2D eigenvalue weighted by Gasteiger charge is -2.48. The highest BCUT2D eigenvalue weighted by Crippen LogP contribution is 2.36. The highest BCUT2D eigenvalue weighted by atomic mass is 16.6. The van der Waals surface area contributed by atoms with Crippen LogP contribution in [0.2, 0.25) is 0 Å². The van der Waals surface area contributed by atoms with E-state index in [1.54, 1.807) is 7.11 Å². The van der Waals surface area contributed by atoms with E-state index in [1.165, 1.54) is 77.2 Å². The van der Waals surface area contributed by atoms with E-state index in [1.807, 2.05) is 25.1 Å². The Balaban J connectivity index is 1.39. The first-order chi connectivity index (χ1) is 16.1. The zero-order chi connectivity index (χ0) is 23.5. The van der Waals surface area contributed by atoms with Gasteiger partial charge in [-0.25, -0.2) is 4.79 Å². The number of nitrogens with one attached hydrogen (secondary N) is 1. The van der Waals surface area contributed by atoms with Crippen LogP contribution in [0.5, 0.6) is 5.75 Å². The zero-order valence-electron chi connectivity index (χ0n) is 20.8. The van der Waals surface area contributed by atoms with Gasteiger partial charge < -0.3 is 15.2 Å². The largest absolute Gasteiger partial charge is 0.495 e. The van der Waals surface area contributed by atoms with Crippen molar-refractivity contribution < 1.29 is 14.3 Å². The Kier molecular flexibility index (Phi) is 10.8. The Hall–Kier alpha value is -1.79. The van der Waals surface area contributed by atoms with Crippen LogP contribution in [-0.4, -0.2) is 49.4 Å². The van der Waals surface area contributed by atoms with Crippen molar-refractivity contribution in [3.05, 3.63) is 23.8 Å². The molecule has 1 amide bonds. The van der Waals surface area contributed by atoms with Gasteiger partial charge in [-0.2, -0.15) is 0 Å². The molecule has 6 nitrogen and oxygen atoms in total. The number of hydrogen-bond acceptors (Lipinski definition) is 5. The molecule has 1 aromatic rings. The van der Waals surface area contributed by atoms with Crippen LogP contribution in [0, 0.1) is 6.92 Å². The number of anilines is 1. The molecule has 2 fully saturated rings. The van der Waals surface area contributed by atoms with Crippen molar-refractivity contribution in [3.63, 3.8) is 0 Å². The topological polar surface area (TPSA) is 76.8 Å². The summed E-state index contributed by atoms with van der Waals surface area (Å²) in [6, 6.07) is 6.86. The minimum Gasteiger partial charge on any atom is -0.495 e. The van der Waals surface area contributed by atoms with E-state index in [0.717, 1.165) is 24.9 Å². The normalized spacial score (nSPS) is 22.7. The summed E-state index contributed by atoms with van der Waals surface area (Å²) < 4.78 is 11.2. The fourth-order valence-corrected chi connectivity index (χ4v) is 5.60. The van der Waals surface area contributed by atoms with Crippen LogP contribution in [0.4, 0.5) is 10.5 Å². The predicted octanol–water partition coefficient (Wildman–Crippen LogP) is 6.02. The van der Waals surface area contributed by atoms with Crippen LogP contribution >= 0.6 is 0 Å². The third-order valence-corrected chi connectivity index (χ3v) is 7.32. The maximum Gasteiger partial charge on any atom is 0.412 e. The molecule has 3 N–H and O–H groups in total. The molecule has 2 aliphatic heterocycles. The van der Waals surface area contributed by atoms with Gasteiger partial charge in [0, 0.05) is 24.9 Å². The number of nitrogens with zero attached hydrogens (tertiary/aromatic N) is 1. The highest BCUT2D eigenvalue weighted by molar-refractivity contribution is 5.87. The van der Waals surface area contributed by atoms with Crippen LogP contribution < -0.4 is 15.8 Å². The van der Waals surface area contributed by atoms with E-state index in [4.69, 9.17) is 15.2 Å². The van der Waals surface area contributed by atoms with Gasteiger partial charge >= 0.3 is 6.09 Å². The number of amides is 1. The number of aryl methyl sites for hydroxylation is 1. The maximum atomic E-state index is 12.6. The molecule has 2 unspecified atom stereocenters. The summed E-state index contributed by atoms with van der Waals surface area (Å²) in [5.41, 5.74) is 7.30. The summed E-state index contributed by atoms with van der Waals surface area (Å²) in [7, 11) is 1.61. The van der Waals surface area contributed by atoms with Crippen molar-refractivity contribution in [1.82, 2.24) is 4.90 Å². The molecule has 0 saturated carbocycles. The molecular formula is C27H45N3O3. The molecule has 2 bridgehead atoms. The summed E-state index contributed by atoms with van der Waals surface area (Å²) in [6.45, 7) is 4.02. The molecule has 0 aliphatic carbocycles. The molecule has 3 rings (SSSR count). The SMILES string of the molecule is COc1ccc(C)cc1NC(=O)OC1CC2CCCC(C1)N2CCCCCCCCCCN. The molecule has 186 valence electrons. The third kappa shape index (κ3) is 8.18. The smallest absolute Gasteiger partial charge is 0.412 e. The minimum absolute atomic E-state index is 0.000810. The summed E-state index contributed by atoms with van der Waals surface area (Å²) >= 11 is 0. The fraction of sp³-hybridized carbons (Fsp3) is 0.741. The van der Waals surface area contributed by atoms with Crippen molar-refractivity contribution in [2.75, 3.05) is 25.5 Å². The van der Waals surface area contributed by atoms with Crippen molar-refractivity contribution >= 4 is 11.8 Å². The Labute approximate surface area is 200 Å². The molecule has 0 aromatic heterocycles. The number of fused-ring (bicyclic) bond motifs is 2. The van der Waals surface area contributed by atoms with Crippen LogP contribution in [0.25, 0.3) is 0 Å². The number of carbonyl (C=O) groups excluding carboxylic acids is 1. The molecular weight excluding hydrogens is 414 g/mol. The Morgan fingerprint density at radius 2 is 1.67 bits per heavy atom. The van der Waals surface area contributed by atoms with Crippen molar-refractivity contribution in [3.8, 4) is 5.75 Å². The monoisotopic (exact) mass is 459 g/mol. The van der Waals surface area contributed by atoms with Gasteiger partial charge in [0.1, 0.15) is 11.9 Å². The van der Waals surface area contributed by atoms with E-state index in [9.17, 15) is 4.79 Å². The Morgan fingerprint density at radius 1 is 1.03 bits per heavy atom. The molecule has 0 radical (unpaired) electrons. The van der Waals surface area contributed by atoms with Gasteiger partial charge in [-0.15, -0.1) is 0 Å². The van der Waals surface area contributed by atoms with Crippen LogP contribution in [0.15, 0.2) is 18.2 Å². The third-order valence-electron chi connectivity index (χ3n) is 7.32. The average Bonchev–Trinajstić information content (AvgIpc) is 2.78. The van der Waals surface area contributed by atoms with Crippen molar-refractivity contribution in [2.24, 2.45) is 5.73 Å². The average molecular weight is 460 g/mol. The number of methoxy groups -OCH3 is 1. The van der Waals surface area contributed by atoms with E-state index < -0.39 is 0 Å². The molecule has 0 spiro atoms. The number of piperidine rings is 2. The van der Waals surface area contributed by atoms with Gasteiger partial charge in [-0.05, 0) is 63.4 Å². The second-order valence-electron chi connectivity index (χ2n) is 9.92. The highest BCUT2D eigenvalue weighted by Gasteiger charge is 2.39. The number of ether oxygens (including phenoxy) is 2. The number of rotatable bonds is 13. The zero-order valence-corrected chi connectivity index (χ0v) is 20.8. The summed E-state index contributed by atoms with van der Waals surface area (Å²) in [4.78, 5) is 15.3. The van der Waals surface area contributed by atoms with E-state index in [0.29, 0.717) is 23.5 Å². The maximum absolute atomic E-state index is 12.6. The summed E-state index contributed by atoms with van der Waals surface area (Å²) in [5, 5.41) is 2.89. The number of unbranched alkanes of at least 4 members (excludes halogenated alkanes) is 7. The predicted molar refractivity (Wildman–Crippen MR) is 135 cm³/mol. The quantitative estimate of drug-likeness (QED) is 0.353. The van der Waals surface area contributed by atoms with Gasteiger partial charge in [0.2, 0.25) is 0 Å². The number of benzene rings is 1. The van der Waals surface area contributed by atoms with Gasteiger partial charge in [-0.3, -0.25) is 10.2 Å². The first-order valence-electron chi connectivity index (χ1n) is 13.2. The van der Waals surface area contributed by atoms with Gasteiger partial charge in [0.25, 0.3) is 0 Å². The first kappa shape index (κ1) is 25.8. The Morgan fingerprint density at radius 3 is 2.30 bits per heavy atom. The number of nitrogens with two attached hydrogens (primary N) is 1. The lowest BCUT2D eigenvalue weighted by molar-refractivity contribution is -0.0308. The number of carbonyl (C=O) groups is 1. The van der Waals surface area contributed by atoms with Gasteiger partial charge in [0.05, 0.1) is 12.8 Å². The van der Waals surface area contributed by atoms with Crippen LogP contribution in [-0.2, 0) is 4.74 Å². The van der Waals surface area contributed by atoms with Crippen molar-refractivity contribution in [2.45, 2.75) is 109 Å². The first-order valence-corrected chi connectivity index (χ1v) is 13.2. The van der Waals surface area contributed by atoms with E-state index in [2.05, 4.69) is 10.2 Å². The van der Waals surface area contributed by atoms with Gasteiger partial charge in [0.15, 0.2) is 0 Å². The van der Waals surface area contributed by atoms with Gasteiger partial charge in [-0.1, -0.05) is 51.0 Å². The molecule has 33 heavy (non-hydrogen) atoms. The molecule has 1 aromatic carbocycles. The molecule has 6 heteroatoms. The van der Waals surface area contributed by atoms with Crippen LogP contribution in [0.3, 0.4) is 0 Å². The lowest BCUT2D eigenvalue weighted by Crippen LogP contribution is -2.54. The molecule has 2 aliphatic rings. The summed E-state index contributed by atoms with van der Waals surface area (Å²) in [5.74, 6) is 0.653. The Bertz CT molecular complexity index is 713. The minimum atomic E-state index is -0.373. The number of hydrogen-bond donors (Lipinski definition) is 2. The molecule has 2 saturated heterocycles. The van der Waals surface area contributed by atoms with E-state index >= 15 is 0 Å². The van der Waals surface area contributed by atoms with Crippen LogP contribution in [0.1, 0.15) is 89.0 Å². The van der Waals surface area contributed by atoms with E-state index in [-0.39, 0.29) is 12.2 Å². The van der Waals surface area contributed by atoms with Crippen molar-refractivity contribution in [1.29, 1.82) is 0 Å². The molecule has 2 heterocycles. The lowest BCUT2D eigenvalue weighted by atomic mass is 9.82. The second kappa shape index (κ2) is 13.8. The standard InChI is InChI=1S/C27H45N3O3/c1-21-14-15-26(32-2)25(18-21)29-27(31)33-24-19-22-12-11-13-23(20-24)30(22)17-10-8-6-4-3-5-7-9-16-28/h14-15,18,22-24H,3-13,16-17,19-20,28H2,1-2H3,(H,29,31). The second-order valence-corrected chi connectivity index (χ2v) is 9.92. The summed E-state index contributed by atoms with van der Waals surface area (Å²) in [6.07, 6.45) is 15.7. The fourth-order valence-electron chi connectivity index (χ4n) is 5.60.